The zero-order valence-corrected chi connectivity index (χ0v) is 8.30. The van der Waals surface area contributed by atoms with Crippen molar-refractivity contribution in [2.24, 2.45) is 0 Å². The van der Waals surface area contributed by atoms with E-state index in [4.69, 9.17) is 5.11 Å². The van der Waals surface area contributed by atoms with E-state index in [0.29, 0.717) is 0 Å². The van der Waals surface area contributed by atoms with Gasteiger partial charge in [0.05, 0.1) is 5.75 Å². The maximum atomic E-state index is 10.2. The molecule has 1 aromatic carbocycles. The summed E-state index contributed by atoms with van der Waals surface area (Å²) in [6.45, 7) is 2.04. The lowest BCUT2D eigenvalue weighted by atomic mass is 10.2. The first-order valence-electron chi connectivity index (χ1n) is 4.03. The zero-order chi connectivity index (χ0) is 9.68. The third-order valence-electron chi connectivity index (χ3n) is 1.61. The minimum absolute atomic E-state index is 0.174. The number of rotatable bonds is 4. The first kappa shape index (κ1) is 10.1. The van der Waals surface area contributed by atoms with Crippen molar-refractivity contribution in [1.29, 1.82) is 0 Å². The van der Waals surface area contributed by atoms with Crippen LogP contribution < -0.4 is 0 Å². The molecule has 70 valence electrons. The van der Waals surface area contributed by atoms with E-state index in [1.807, 2.05) is 31.2 Å². The molecule has 0 unspecified atom stereocenters. The predicted octanol–water partition coefficient (Wildman–Crippen LogP) is 2.31. The average Bonchev–Trinajstić information content (AvgIpc) is 2.08. The molecule has 0 aliphatic heterocycles. The number of hydrogen-bond acceptors (Lipinski definition) is 2. The van der Waals surface area contributed by atoms with Gasteiger partial charge >= 0.3 is 5.97 Å². The highest BCUT2D eigenvalue weighted by molar-refractivity contribution is 7.99. The fourth-order valence-electron chi connectivity index (χ4n) is 0.940. The number of benzene rings is 1. The standard InChI is InChI=1S/C10H12O2S/c1-8-2-4-9(5-3-8)6-13-7-10(11)12/h2-5H,6-7H2,1H3,(H,11,12). The molecule has 0 aromatic heterocycles. The molecule has 3 heteroatoms. The summed E-state index contributed by atoms with van der Waals surface area (Å²) in [7, 11) is 0. The van der Waals surface area contributed by atoms with Gasteiger partial charge in [-0.15, -0.1) is 11.8 Å². The summed E-state index contributed by atoms with van der Waals surface area (Å²) in [5, 5.41) is 8.41. The van der Waals surface area contributed by atoms with E-state index in [9.17, 15) is 4.79 Å². The Kier molecular flexibility index (Phi) is 3.83. The first-order valence-corrected chi connectivity index (χ1v) is 5.19. The quantitative estimate of drug-likeness (QED) is 0.803. The van der Waals surface area contributed by atoms with Crippen LogP contribution in [0.3, 0.4) is 0 Å². The maximum Gasteiger partial charge on any atom is 0.313 e. The van der Waals surface area contributed by atoms with Gasteiger partial charge in [0.15, 0.2) is 0 Å². The molecule has 0 atom stereocenters. The highest BCUT2D eigenvalue weighted by Gasteiger charge is 1.97. The van der Waals surface area contributed by atoms with Gasteiger partial charge in [-0.25, -0.2) is 0 Å². The van der Waals surface area contributed by atoms with Crippen LogP contribution in [-0.4, -0.2) is 16.8 Å². The van der Waals surface area contributed by atoms with Gasteiger partial charge in [-0.05, 0) is 12.5 Å². The van der Waals surface area contributed by atoms with E-state index in [-0.39, 0.29) is 5.75 Å². The van der Waals surface area contributed by atoms with Crippen molar-refractivity contribution >= 4 is 17.7 Å². The Morgan fingerprint density at radius 2 is 2.00 bits per heavy atom. The lowest BCUT2D eigenvalue weighted by Crippen LogP contribution is -1.98. The average molecular weight is 196 g/mol. The summed E-state index contributed by atoms with van der Waals surface area (Å²) in [5.74, 6) is 0.192. The largest absolute Gasteiger partial charge is 0.481 e. The summed E-state index contributed by atoms with van der Waals surface area (Å²) in [4.78, 5) is 10.2. The summed E-state index contributed by atoms with van der Waals surface area (Å²) >= 11 is 1.42. The van der Waals surface area contributed by atoms with E-state index in [1.165, 1.54) is 22.9 Å². The van der Waals surface area contributed by atoms with Crippen molar-refractivity contribution in [2.75, 3.05) is 5.75 Å². The molecule has 1 aromatic rings. The fourth-order valence-corrected chi connectivity index (χ4v) is 1.65. The summed E-state index contributed by atoms with van der Waals surface area (Å²) in [6.07, 6.45) is 0. The maximum absolute atomic E-state index is 10.2. The van der Waals surface area contributed by atoms with Crippen molar-refractivity contribution in [3.63, 3.8) is 0 Å². The van der Waals surface area contributed by atoms with Crippen LogP contribution in [0, 0.1) is 6.92 Å². The zero-order valence-electron chi connectivity index (χ0n) is 7.49. The molecular weight excluding hydrogens is 184 g/mol. The van der Waals surface area contributed by atoms with Crippen molar-refractivity contribution in [1.82, 2.24) is 0 Å². The van der Waals surface area contributed by atoms with Gasteiger partial charge < -0.3 is 5.11 Å². The Bertz CT molecular complexity index is 279. The molecule has 0 aliphatic rings. The van der Waals surface area contributed by atoms with Crippen molar-refractivity contribution < 1.29 is 9.90 Å². The third-order valence-corrected chi connectivity index (χ3v) is 2.60. The van der Waals surface area contributed by atoms with Crippen LogP contribution in [0.4, 0.5) is 0 Å². The Balaban J connectivity index is 2.37. The van der Waals surface area contributed by atoms with Crippen LogP contribution >= 0.6 is 11.8 Å². The summed E-state index contributed by atoms with van der Waals surface area (Å²) < 4.78 is 0. The molecule has 2 nitrogen and oxygen atoms in total. The monoisotopic (exact) mass is 196 g/mol. The van der Waals surface area contributed by atoms with Gasteiger partial charge in [0, 0.05) is 5.75 Å². The second kappa shape index (κ2) is 4.92. The molecule has 0 bridgehead atoms. The van der Waals surface area contributed by atoms with Crippen molar-refractivity contribution in [3.05, 3.63) is 35.4 Å². The number of thioether (sulfide) groups is 1. The number of hydrogen-bond donors (Lipinski definition) is 1. The van der Waals surface area contributed by atoms with Crippen LogP contribution in [0.5, 0.6) is 0 Å². The van der Waals surface area contributed by atoms with Crippen LogP contribution in [0.1, 0.15) is 11.1 Å². The second-order valence-corrected chi connectivity index (χ2v) is 3.86. The van der Waals surface area contributed by atoms with E-state index in [0.717, 1.165) is 5.75 Å². The Labute approximate surface area is 82.0 Å². The Morgan fingerprint density at radius 1 is 1.38 bits per heavy atom. The molecule has 13 heavy (non-hydrogen) atoms. The van der Waals surface area contributed by atoms with Gasteiger partial charge in [-0.2, -0.15) is 0 Å². The second-order valence-electron chi connectivity index (χ2n) is 2.87. The highest BCUT2D eigenvalue weighted by Crippen LogP contribution is 2.12. The van der Waals surface area contributed by atoms with Gasteiger partial charge in [0.2, 0.25) is 0 Å². The smallest absolute Gasteiger partial charge is 0.313 e. The molecule has 0 amide bonds. The molecule has 0 radical (unpaired) electrons. The van der Waals surface area contributed by atoms with Crippen molar-refractivity contribution in [3.8, 4) is 0 Å². The number of carbonyl (C=O) groups is 1. The van der Waals surface area contributed by atoms with E-state index in [1.54, 1.807) is 0 Å². The minimum Gasteiger partial charge on any atom is -0.481 e. The predicted molar refractivity (Wildman–Crippen MR) is 55.0 cm³/mol. The molecule has 1 rings (SSSR count). The van der Waals surface area contributed by atoms with Crippen LogP contribution in [0.2, 0.25) is 0 Å². The molecule has 0 saturated carbocycles. The SMILES string of the molecule is Cc1ccc(CSCC(=O)O)cc1. The van der Waals surface area contributed by atoms with Gasteiger partial charge in [0.1, 0.15) is 0 Å². The Hall–Kier alpha value is -0.960. The topological polar surface area (TPSA) is 37.3 Å². The lowest BCUT2D eigenvalue weighted by Gasteiger charge is -1.99. The number of aryl methyl sites for hydroxylation is 1. The Morgan fingerprint density at radius 3 is 2.54 bits per heavy atom. The third kappa shape index (κ3) is 3.99. The van der Waals surface area contributed by atoms with Crippen LogP contribution in [0.15, 0.2) is 24.3 Å². The highest BCUT2D eigenvalue weighted by atomic mass is 32.2. The van der Waals surface area contributed by atoms with E-state index in [2.05, 4.69) is 0 Å². The van der Waals surface area contributed by atoms with Crippen molar-refractivity contribution in [2.45, 2.75) is 12.7 Å². The van der Waals surface area contributed by atoms with Crippen LogP contribution in [0.25, 0.3) is 0 Å². The van der Waals surface area contributed by atoms with E-state index < -0.39 is 5.97 Å². The molecular formula is C10H12O2S. The molecule has 0 aliphatic carbocycles. The van der Waals surface area contributed by atoms with E-state index >= 15 is 0 Å². The molecule has 1 N–H and O–H groups in total. The fraction of sp³-hybridized carbons (Fsp3) is 0.300. The minimum atomic E-state index is -0.753. The number of carboxylic acid groups (broad SMARTS) is 1. The lowest BCUT2D eigenvalue weighted by molar-refractivity contribution is -0.133. The van der Waals surface area contributed by atoms with Crippen LogP contribution in [-0.2, 0) is 10.5 Å². The molecule has 0 fully saturated rings. The van der Waals surface area contributed by atoms with Gasteiger partial charge in [-0.3, -0.25) is 4.79 Å². The molecule has 0 spiro atoms. The normalized spacial score (nSPS) is 9.92. The molecule has 0 saturated heterocycles. The van der Waals surface area contributed by atoms with Gasteiger partial charge in [0.25, 0.3) is 0 Å². The summed E-state index contributed by atoms with van der Waals surface area (Å²) in [5.41, 5.74) is 2.41. The number of carboxylic acids is 1. The number of aliphatic carboxylic acids is 1. The summed E-state index contributed by atoms with van der Waals surface area (Å²) in [6, 6.07) is 8.14. The molecule has 0 heterocycles. The first-order chi connectivity index (χ1) is 6.18. The van der Waals surface area contributed by atoms with Gasteiger partial charge in [-0.1, -0.05) is 29.8 Å².